The SMILES string of the molecule is CC(C)(CCl)C(=O)N1CCc2c([nH][nH]c2=O)C1. The van der Waals surface area contributed by atoms with E-state index >= 15 is 0 Å². The number of nitrogens with zero attached hydrogens (tertiary/aromatic N) is 1. The number of aromatic amines is 2. The second-order valence-electron chi connectivity index (χ2n) is 5.03. The average Bonchev–Trinajstić information content (AvgIpc) is 2.69. The molecular weight excluding hydrogens is 242 g/mol. The van der Waals surface area contributed by atoms with Gasteiger partial charge in [0, 0.05) is 18.0 Å². The lowest BCUT2D eigenvalue weighted by Crippen LogP contribution is -2.44. The molecule has 0 fully saturated rings. The second kappa shape index (κ2) is 4.22. The molecule has 1 aromatic rings. The van der Waals surface area contributed by atoms with Gasteiger partial charge in [0.25, 0.3) is 5.56 Å². The number of halogens is 1. The highest BCUT2D eigenvalue weighted by molar-refractivity contribution is 6.19. The van der Waals surface area contributed by atoms with E-state index in [1.54, 1.807) is 4.90 Å². The van der Waals surface area contributed by atoms with E-state index in [-0.39, 0.29) is 11.5 Å². The van der Waals surface area contributed by atoms with Gasteiger partial charge in [0.15, 0.2) is 0 Å². The molecule has 0 bridgehead atoms. The van der Waals surface area contributed by atoms with E-state index in [1.165, 1.54) is 0 Å². The molecule has 0 radical (unpaired) electrons. The number of hydrogen-bond acceptors (Lipinski definition) is 2. The molecule has 0 atom stereocenters. The first-order valence-electron chi connectivity index (χ1n) is 5.59. The second-order valence-corrected chi connectivity index (χ2v) is 5.30. The summed E-state index contributed by atoms with van der Waals surface area (Å²) in [4.78, 5) is 25.3. The monoisotopic (exact) mass is 257 g/mol. The lowest BCUT2D eigenvalue weighted by atomic mass is 9.93. The number of carbonyl (C=O) groups excluding carboxylic acids is 1. The third-order valence-electron chi connectivity index (χ3n) is 3.15. The van der Waals surface area contributed by atoms with E-state index in [1.807, 2.05) is 13.8 Å². The number of amides is 1. The Balaban J connectivity index is 2.18. The quantitative estimate of drug-likeness (QED) is 0.772. The van der Waals surface area contributed by atoms with Crippen LogP contribution in [0.1, 0.15) is 25.1 Å². The normalized spacial score (nSPS) is 15.8. The maximum atomic E-state index is 12.2. The fourth-order valence-electron chi connectivity index (χ4n) is 1.99. The number of aromatic nitrogens is 2. The summed E-state index contributed by atoms with van der Waals surface area (Å²) in [6.45, 7) is 4.69. The molecule has 1 aliphatic heterocycles. The molecular formula is C11H16ClN3O2. The van der Waals surface area contributed by atoms with E-state index in [4.69, 9.17) is 11.6 Å². The van der Waals surface area contributed by atoms with E-state index in [0.29, 0.717) is 25.4 Å². The summed E-state index contributed by atoms with van der Waals surface area (Å²) >= 11 is 5.80. The Kier molecular flexibility index (Phi) is 3.03. The molecule has 0 saturated heterocycles. The topological polar surface area (TPSA) is 69.0 Å². The number of carbonyl (C=O) groups is 1. The summed E-state index contributed by atoms with van der Waals surface area (Å²) < 4.78 is 0. The predicted molar refractivity (Wildman–Crippen MR) is 65.0 cm³/mol. The summed E-state index contributed by atoms with van der Waals surface area (Å²) in [6.07, 6.45) is 0.596. The van der Waals surface area contributed by atoms with Crippen LogP contribution in [0.3, 0.4) is 0 Å². The number of H-pyrrole nitrogens is 2. The Labute approximate surface area is 104 Å². The molecule has 0 unspecified atom stereocenters. The largest absolute Gasteiger partial charge is 0.336 e. The standard InChI is InChI=1S/C11H16ClN3O2/c1-11(2,6-12)10(17)15-4-3-7-8(5-15)13-14-9(7)16/h3-6H2,1-2H3,(H2,13,14,16). The van der Waals surface area contributed by atoms with Crippen molar-refractivity contribution in [2.75, 3.05) is 12.4 Å². The molecule has 0 saturated carbocycles. The zero-order chi connectivity index (χ0) is 12.6. The van der Waals surface area contributed by atoms with Crippen LogP contribution in [-0.4, -0.2) is 33.4 Å². The molecule has 2 rings (SSSR count). The smallest absolute Gasteiger partial charge is 0.267 e. The summed E-state index contributed by atoms with van der Waals surface area (Å²) in [5.41, 5.74) is 0.928. The molecule has 1 aliphatic rings. The molecule has 2 heterocycles. The maximum absolute atomic E-state index is 12.2. The minimum Gasteiger partial charge on any atom is -0.336 e. The molecule has 1 aromatic heterocycles. The van der Waals surface area contributed by atoms with Gasteiger partial charge in [-0.25, -0.2) is 0 Å². The van der Waals surface area contributed by atoms with Crippen molar-refractivity contribution in [2.45, 2.75) is 26.8 Å². The molecule has 6 heteroatoms. The maximum Gasteiger partial charge on any atom is 0.267 e. The Morgan fingerprint density at radius 3 is 2.82 bits per heavy atom. The van der Waals surface area contributed by atoms with Gasteiger partial charge in [0.05, 0.1) is 17.7 Å². The van der Waals surface area contributed by atoms with Crippen LogP contribution in [0, 0.1) is 5.41 Å². The molecule has 2 N–H and O–H groups in total. The van der Waals surface area contributed by atoms with Crippen LogP contribution in [0.2, 0.25) is 0 Å². The number of hydrogen-bond donors (Lipinski definition) is 2. The summed E-state index contributed by atoms with van der Waals surface area (Å²) in [5, 5.41) is 5.36. The first kappa shape index (κ1) is 12.2. The van der Waals surface area contributed by atoms with Crippen LogP contribution in [0.5, 0.6) is 0 Å². The van der Waals surface area contributed by atoms with Crippen molar-refractivity contribution >= 4 is 17.5 Å². The van der Waals surface area contributed by atoms with Crippen molar-refractivity contribution in [1.29, 1.82) is 0 Å². The zero-order valence-corrected chi connectivity index (χ0v) is 10.7. The van der Waals surface area contributed by atoms with E-state index < -0.39 is 5.41 Å². The van der Waals surface area contributed by atoms with Crippen LogP contribution in [0.25, 0.3) is 0 Å². The average molecular weight is 258 g/mol. The molecule has 17 heavy (non-hydrogen) atoms. The van der Waals surface area contributed by atoms with Gasteiger partial charge in [-0.2, -0.15) is 0 Å². The van der Waals surface area contributed by atoms with Crippen LogP contribution >= 0.6 is 11.6 Å². The number of nitrogens with one attached hydrogen (secondary N) is 2. The van der Waals surface area contributed by atoms with Gasteiger partial charge in [-0.3, -0.25) is 14.7 Å². The van der Waals surface area contributed by atoms with Gasteiger partial charge in [-0.1, -0.05) is 0 Å². The van der Waals surface area contributed by atoms with Gasteiger partial charge in [0.2, 0.25) is 5.91 Å². The fourth-order valence-corrected chi connectivity index (χ4v) is 2.11. The van der Waals surface area contributed by atoms with E-state index in [2.05, 4.69) is 10.2 Å². The van der Waals surface area contributed by atoms with Gasteiger partial charge < -0.3 is 10.00 Å². The number of fused-ring (bicyclic) bond motifs is 1. The summed E-state index contributed by atoms with van der Waals surface area (Å²) in [7, 11) is 0. The third kappa shape index (κ3) is 2.11. The van der Waals surface area contributed by atoms with Crippen molar-refractivity contribution < 1.29 is 4.79 Å². The van der Waals surface area contributed by atoms with Crippen molar-refractivity contribution in [1.82, 2.24) is 15.1 Å². The Morgan fingerprint density at radius 1 is 1.47 bits per heavy atom. The lowest BCUT2D eigenvalue weighted by Gasteiger charge is -2.32. The van der Waals surface area contributed by atoms with Crippen LogP contribution < -0.4 is 5.56 Å². The van der Waals surface area contributed by atoms with Gasteiger partial charge in [-0.05, 0) is 20.3 Å². The molecule has 0 spiro atoms. The Morgan fingerprint density at radius 2 is 2.18 bits per heavy atom. The van der Waals surface area contributed by atoms with Gasteiger partial charge >= 0.3 is 0 Å². The van der Waals surface area contributed by atoms with Crippen molar-refractivity contribution in [3.05, 3.63) is 21.6 Å². The molecule has 5 nitrogen and oxygen atoms in total. The van der Waals surface area contributed by atoms with Crippen LogP contribution in [0.15, 0.2) is 4.79 Å². The predicted octanol–water partition coefficient (Wildman–Crippen LogP) is 0.853. The summed E-state index contributed by atoms with van der Waals surface area (Å²) in [6, 6.07) is 0. The van der Waals surface area contributed by atoms with Crippen molar-refractivity contribution in [3.8, 4) is 0 Å². The number of rotatable bonds is 2. The molecule has 0 aliphatic carbocycles. The van der Waals surface area contributed by atoms with Gasteiger partial charge in [0.1, 0.15) is 0 Å². The van der Waals surface area contributed by atoms with Crippen molar-refractivity contribution in [2.24, 2.45) is 5.41 Å². The first-order chi connectivity index (χ1) is 7.95. The molecule has 0 aromatic carbocycles. The highest BCUT2D eigenvalue weighted by atomic mass is 35.5. The van der Waals surface area contributed by atoms with E-state index in [9.17, 15) is 9.59 Å². The zero-order valence-electron chi connectivity index (χ0n) is 9.97. The Hall–Kier alpha value is -1.23. The van der Waals surface area contributed by atoms with Crippen LogP contribution in [-0.2, 0) is 17.8 Å². The minimum absolute atomic E-state index is 0.0280. The Bertz CT molecular complexity index is 489. The highest BCUT2D eigenvalue weighted by Gasteiger charge is 2.33. The minimum atomic E-state index is -0.560. The number of alkyl halides is 1. The lowest BCUT2D eigenvalue weighted by molar-refractivity contribution is -0.140. The molecule has 94 valence electrons. The van der Waals surface area contributed by atoms with E-state index in [0.717, 1.165) is 11.3 Å². The summed E-state index contributed by atoms with van der Waals surface area (Å²) in [5.74, 6) is 0.318. The van der Waals surface area contributed by atoms with Gasteiger partial charge in [-0.15, -0.1) is 11.6 Å². The molecule has 1 amide bonds. The van der Waals surface area contributed by atoms with Crippen molar-refractivity contribution in [3.63, 3.8) is 0 Å². The first-order valence-corrected chi connectivity index (χ1v) is 6.13. The highest BCUT2D eigenvalue weighted by Crippen LogP contribution is 2.24. The van der Waals surface area contributed by atoms with Crippen LogP contribution in [0.4, 0.5) is 0 Å². The third-order valence-corrected chi connectivity index (χ3v) is 3.81. The fraction of sp³-hybridized carbons (Fsp3) is 0.636.